The third-order valence-electron chi connectivity index (χ3n) is 5.50. The first kappa shape index (κ1) is 20.6. The van der Waals surface area contributed by atoms with Crippen LogP contribution in [0.4, 0.5) is 0 Å². The topological polar surface area (TPSA) is 97.5 Å². The van der Waals surface area contributed by atoms with Crippen LogP contribution in [0.25, 0.3) is 0 Å². The van der Waals surface area contributed by atoms with Crippen LogP contribution in [0.3, 0.4) is 0 Å². The molecule has 8 nitrogen and oxygen atoms in total. The standard InChI is InChI=1S/C23H24N4O4/c1-15-4-3-5-19(24-15)22(28)26-12-11-20-18(14-26)21(23(29)30)25-27(20)13-10-16-6-8-17(31-2)9-7-16/h3-9H,10-14H2,1-2H3,(H,29,30). The quantitative estimate of drug-likeness (QED) is 0.659. The van der Waals surface area contributed by atoms with Crippen molar-refractivity contribution in [2.24, 2.45) is 0 Å². The summed E-state index contributed by atoms with van der Waals surface area (Å²) in [6.07, 6.45) is 1.27. The molecule has 0 unspecified atom stereocenters. The molecule has 31 heavy (non-hydrogen) atoms. The van der Waals surface area contributed by atoms with Crippen molar-refractivity contribution in [3.05, 3.63) is 76.4 Å². The number of carbonyl (C=O) groups excluding carboxylic acids is 1. The number of aromatic nitrogens is 3. The van der Waals surface area contributed by atoms with Gasteiger partial charge in [-0.15, -0.1) is 0 Å². The number of rotatable bonds is 6. The molecule has 2 aromatic heterocycles. The predicted molar refractivity (Wildman–Crippen MR) is 113 cm³/mol. The van der Waals surface area contributed by atoms with Gasteiger partial charge >= 0.3 is 5.97 Å². The van der Waals surface area contributed by atoms with E-state index in [1.807, 2.05) is 37.3 Å². The van der Waals surface area contributed by atoms with Crippen LogP contribution in [-0.4, -0.2) is 50.3 Å². The van der Waals surface area contributed by atoms with Gasteiger partial charge < -0.3 is 14.7 Å². The smallest absolute Gasteiger partial charge is 0.356 e. The number of methoxy groups -OCH3 is 1. The van der Waals surface area contributed by atoms with Crippen molar-refractivity contribution >= 4 is 11.9 Å². The van der Waals surface area contributed by atoms with Crippen molar-refractivity contribution in [2.75, 3.05) is 13.7 Å². The van der Waals surface area contributed by atoms with E-state index >= 15 is 0 Å². The Kier molecular flexibility index (Phi) is 5.70. The lowest BCUT2D eigenvalue weighted by Crippen LogP contribution is -2.37. The summed E-state index contributed by atoms with van der Waals surface area (Å²) in [5.41, 5.74) is 3.74. The van der Waals surface area contributed by atoms with Gasteiger partial charge in [-0.25, -0.2) is 9.78 Å². The minimum absolute atomic E-state index is 0.0134. The van der Waals surface area contributed by atoms with Crippen LogP contribution in [0.15, 0.2) is 42.5 Å². The summed E-state index contributed by atoms with van der Waals surface area (Å²) in [5.74, 6) is -0.486. The van der Waals surface area contributed by atoms with Crippen molar-refractivity contribution < 1.29 is 19.4 Å². The number of pyridine rings is 1. The number of carbonyl (C=O) groups is 2. The maximum atomic E-state index is 12.9. The van der Waals surface area contributed by atoms with Gasteiger partial charge in [-0.2, -0.15) is 5.10 Å². The lowest BCUT2D eigenvalue weighted by atomic mass is 10.0. The molecule has 1 aromatic carbocycles. The second kappa shape index (κ2) is 8.59. The summed E-state index contributed by atoms with van der Waals surface area (Å²) in [4.78, 5) is 30.7. The van der Waals surface area contributed by atoms with Gasteiger partial charge in [-0.1, -0.05) is 18.2 Å². The summed E-state index contributed by atoms with van der Waals surface area (Å²) in [6, 6.07) is 13.1. The Hall–Kier alpha value is -3.68. The van der Waals surface area contributed by atoms with Gasteiger partial charge in [0.05, 0.1) is 13.7 Å². The van der Waals surface area contributed by atoms with E-state index in [0.29, 0.717) is 37.2 Å². The van der Waals surface area contributed by atoms with Gasteiger partial charge in [0.2, 0.25) is 0 Å². The first-order valence-electron chi connectivity index (χ1n) is 10.1. The van der Waals surface area contributed by atoms with E-state index in [4.69, 9.17) is 4.74 Å². The molecule has 1 N–H and O–H groups in total. The van der Waals surface area contributed by atoms with E-state index in [-0.39, 0.29) is 18.1 Å². The number of benzene rings is 1. The zero-order valence-electron chi connectivity index (χ0n) is 17.5. The summed E-state index contributed by atoms with van der Waals surface area (Å²) < 4.78 is 6.96. The summed E-state index contributed by atoms with van der Waals surface area (Å²) in [5, 5.41) is 14.0. The number of aromatic carboxylic acids is 1. The number of carboxylic acid groups (broad SMARTS) is 1. The van der Waals surface area contributed by atoms with Gasteiger partial charge in [0, 0.05) is 36.5 Å². The molecular weight excluding hydrogens is 396 g/mol. The molecular formula is C23H24N4O4. The third-order valence-corrected chi connectivity index (χ3v) is 5.50. The van der Waals surface area contributed by atoms with Crippen LogP contribution in [0.5, 0.6) is 5.75 Å². The lowest BCUT2D eigenvalue weighted by Gasteiger charge is -2.27. The van der Waals surface area contributed by atoms with Crippen LogP contribution in [0.1, 0.15) is 43.5 Å². The molecule has 0 aliphatic carbocycles. The molecule has 3 heterocycles. The van der Waals surface area contributed by atoms with Gasteiger partial charge in [0.15, 0.2) is 5.69 Å². The van der Waals surface area contributed by atoms with Crippen molar-refractivity contribution in [3.8, 4) is 5.75 Å². The van der Waals surface area contributed by atoms with Gasteiger partial charge in [-0.3, -0.25) is 9.48 Å². The molecule has 0 fully saturated rings. The maximum Gasteiger partial charge on any atom is 0.356 e. The fraction of sp³-hybridized carbons (Fsp3) is 0.304. The van der Waals surface area contributed by atoms with Crippen LogP contribution in [0.2, 0.25) is 0 Å². The number of nitrogens with zero attached hydrogens (tertiary/aromatic N) is 4. The number of amides is 1. The molecule has 0 saturated heterocycles. The monoisotopic (exact) mass is 420 g/mol. The Morgan fingerprint density at radius 3 is 2.61 bits per heavy atom. The Labute approximate surface area is 180 Å². The second-order valence-electron chi connectivity index (χ2n) is 7.54. The van der Waals surface area contributed by atoms with E-state index in [1.54, 1.807) is 28.8 Å². The maximum absolute atomic E-state index is 12.9. The van der Waals surface area contributed by atoms with Crippen LogP contribution in [-0.2, 0) is 25.9 Å². The minimum Gasteiger partial charge on any atom is -0.497 e. The van der Waals surface area contributed by atoms with E-state index in [1.165, 1.54) is 0 Å². The summed E-state index contributed by atoms with van der Waals surface area (Å²) in [6.45, 7) is 3.11. The Morgan fingerprint density at radius 2 is 1.94 bits per heavy atom. The molecule has 8 heteroatoms. The van der Waals surface area contributed by atoms with Crippen molar-refractivity contribution in [1.82, 2.24) is 19.7 Å². The zero-order chi connectivity index (χ0) is 22.0. The van der Waals surface area contributed by atoms with Crippen LogP contribution in [0, 0.1) is 6.92 Å². The molecule has 3 aromatic rings. The largest absolute Gasteiger partial charge is 0.497 e. The highest BCUT2D eigenvalue weighted by atomic mass is 16.5. The minimum atomic E-state index is -1.08. The predicted octanol–water partition coefficient (Wildman–Crippen LogP) is 2.73. The average molecular weight is 420 g/mol. The number of hydrogen-bond acceptors (Lipinski definition) is 5. The van der Waals surface area contributed by atoms with Crippen LogP contribution < -0.4 is 4.74 Å². The molecule has 1 amide bonds. The lowest BCUT2D eigenvalue weighted by molar-refractivity contribution is 0.0673. The SMILES string of the molecule is COc1ccc(CCn2nc(C(=O)O)c3c2CCN(C(=O)c2cccc(C)n2)C3)cc1. The van der Waals surface area contributed by atoms with Crippen molar-refractivity contribution in [1.29, 1.82) is 0 Å². The fourth-order valence-corrected chi connectivity index (χ4v) is 3.87. The highest BCUT2D eigenvalue weighted by Gasteiger charge is 2.30. The third kappa shape index (κ3) is 4.28. The number of ether oxygens (including phenoxy) is 1. The van der Waals surface area contributed by atoms with Gasteiger partial charge in [0.25, 0.3) is 5.91 Å². The molecule has 0 saturated carbocycles. The van der Waals surface area contributed by atoms with Crippen molar-refractivity contribution in [2.45, 2.75) is 32.9 Å². The van der Waals surface area contributed by atoms with Crippen LogP contribution >= 0.6 is 0 Å². The first-order valence-corrected chi connectivity index (χ1v) is 10.1. The number of fused-ring (bicyclic) bond motifs is 1. The highest BCUT2D eigenvalue weighted by Crippen LogP contribution is 2.24. The highest BCUT2D eigenvalue weighted by molar-refractivity contribution is 5.93. The van der Waals surface area contributed by atoms with E-state index in [9.17, 15) is 14.7 Å². The van der Waals surface area contributed by atoms with Crippen molar-refractivity contribution in [3.63, 3.8) is 0 Å². The normalized spacial score (nSPS) is 13.0. The Balaban J connectivity index is 1.54. The fourth-order valence-electron chi connectivity index (χ4n) is 3.87. The number of aryl methyl sites for hydroxylation is 3. The Morgan fingerprint density at radius 1 is 1.16 bits per heavy atom. The molecule has 0 spiro atoms. The number of hydrogen-bond donors (Lipinski definition) is 1. The van der Waals surface area contributed by atoms with E-state index in [0.717, 1.165) is 22.7 Å². The summed E-state index contributed by atoms with van der Waals surface area (Å²) in [7, 11) is 1.63. The van der Waals surface area contributed by atoms with Gasteiger partial charge in [-0.05, 0) is 43.2 Å². The average Bonchev–Trinajstić information content (AvgIpc) is 3.15. The molecule has 0 radical (unpaired) electrons. The molecule has 0 bridgehead atoms. The van der Waals surface area contributed by atoms with E-state index in [2.05, 4.69) is 10.1 Å². The molecule has 1 aliphatic rings. The molecule has 0 atom stereocenters. The molecule has 160 valence electrons. The molecule has 4 rings (SSSR count). The zero-order valence-corrected chi connectivity index (χ0v) is 17.5. The van der Waals surface area contributed by atoms with Gasteiger partial charge in [0.1, 0.15) is 11.4 Å². The number of carboxylic acids is 1. The summed E-state index contributed by atoms with van der Waals surface area (Å²) >= 11 is 0. The molecule has 1 aliphatic heterocycles. The Bertz CT molecular complexity index is 1120. The first-order chi connectivity index (χ1) is 15.0. The second-order valence-corrected chi connectivity index (χ2v) is 7.54. The van der Waals surface area contributed by atoms with E-state index < -0.39 is 5.97 Å².